The first-order chi connectivity index (χ1) is 11.3. The van der Waals surface area contributed by atoms with Crippen LogP contribution < -0.4 is 10.9 Å². The van der Waals surface area contributed by atoms with Gasteiger partial charge >= 0.3 is 0 Å². The second-order valence-electron chi connectivity index (χ2n) is 6.52. The first-order valence-corrected chi connectivity index (χ1v) is 9.23. The van der Waals surface area contributed by atoms with Crippen molar-refractivity contribution in [1.29, 1.82) is 0 Å². The molecular weight excluding hydrogens is 373 g/mol. The minimum absolute atomic E-state index is 0.0351. The molecule has 0 radical (unpaired) electrons. The van der Waals surface area contributed by atoms with E-state index in [1.165, 1.54) is 0 Å². The van der Waals surface area contributed by atoms with E-state index in [0.29, 0.717) is 32.0 Å². The number of carbonyl (C=O) groups excluding carboxylic acids is 1. The quantitative estimate of drug-likeness (QED) is 0.804. The van der Waals surface area contributed by atoms with Crippen molar-refractivity contribution in [3.63, 3.8) is 0 Å². The Morgan fingerprint density at radius 2 is 2.08 bits per heavy atom. The van der Waals surface area contributed by atoms with Crippen LogP contribution in [0, 0.1) is 5.92 Å². The zero-order chi connectivity index (χ0) is 17.5. The first kappa shape index (κ1) is 18.1. The highest BCUT2D eigenvalue weighted by atomic mass is 35.6. The van der Waals surface area contributed by atoms with Crippen LogP contribution in [-0.2, 0) is 11.3 Å². The molecule has 1 amide bonds. The van der Waals surface area contributed by atoms with Crippen LogP contribution in [0.1, 0.15) is 31.4 Å². The topological polar surface area (TPSA) is 54.3 Å². The summed E-state index contributed by atoms with van der Waals surface area (Å²) in [4.78, 5) is 26.0. The molecule has 2 aliphatic heterocycles. The summed E-state index contributed by atoms with van der Waals surface area (Å²) in [5, 5.41) is 2.82. The number of aromatic nitrogens is 1. The molecule has 3 heterocycles. The van der Waals surface area contributed by atoms with Crippen LogP contribution in [0.2, 0.25) is 0 Å². The Morgan fingerprint density at radius 1 is 1.33 bits per heavy atom. The number of nitrogens with one attached hydrogen (secondary N) is 1. The smallest absolute Gasteiger partial charge is 0.250 e. The molecule has 5 nitrogen and oxygen atoms in total. The van der Waals surface area contributed by atoms with Crippen molar-refractivity contribution in [3.05, 3.63) is 34.2 Å². The van der Waals surface area contributed by atoms with E-state index in [2.05, 4.69) is 5.32 Å². The van der Waals surface area contributed by atoms with Gasteiger partial charge in [0, 0.05) is 43.7 Å². The molecule has 0 aromatic carbocycles. The summed E-state index contributed by atoms with van der Waals surface area (Å²) in [5.41, 5.74) is 1.06. The Morgan fingerprint density at radius 3 is 2.75 bits per heavy atom. The fraction of sp³-hybridized carbons (Fsp3) is 0.625. The van der Waals surface area contributed by atoms with Gasteiger partial charge in [-0.3, -0.25) is 14.5 Å². The average molecular weight is 393 g/mol. The number of hydrogen-bond donors (Lipinski definition) is 1. The molecule has 0 saturated carbocycles. The first-order valence-electron chi connectivity index (χ1n) is 8.09. The minimum Gasteiger partial charge on any atom is -0.337 e. The SMILES string of the molecule is CCC(=O)NC(N1C[C@H]2C[C@@H](C1)c1cccc(=O)n1C2)C(Cl)(Cl)Cl. The molecule has 1 aromatic heterocycles. The average Bonchev–Trinajstić information content (AvgIpc) is 2.52. The standard InChI is InChI=1S/C16H20Cl3N3O2/c1-2-13(23)20-15(16(17,18)19)21-7-10-6-11(9-21)12-4-3-5-14(24)22(12)8-10/h3-5,10-11,15H,2,6-9H2,1H3,(H,20,23)/t10-,11+,15?/m1/s1. The van der Waals surface area contributed by atoms with Crippen molar-refractivity contribution in [2.75, 3.05) is 13.1 Å². The van der Waals surface area contributed by atoms with Crippen molar-refractivity contribution in [2.45, 2.75) is 42.2 Å². The Labute approximate surface area is 155 Å². The third-order valence-electron chi connectivity index (χ3n) is 4.80. The van der Waals surface area contributed by atoms with Gasteiger partial charge in [-0.15, -0.1) is 0 Å². The lowest BCUT2D eigenvalue weighted by atomic mass is 9.83. The van der Waals surface area contributed by atoms with Gasteiger partial charge < -0.3 is 9.88 Å². The molecule has 2 bridgehead atoms. The number of alkyl halides is 3. The summed E-state index contributed by atoms with van der Waals surface area (Å²) in [5.74, 6) is 0.336. The maximum atomic E-state index is 12.1. The summed E-state index contributed by atoms with van der Waals surface area (Å²) in [7, 11) is 0. The minimum atomic E-state index is -1.62. The maximum Gasteiger partial charge on any atom is 0.250 e. The fourth-order valence-corrected chi connectivity index (χ4v) is 4.36. The van der Waals surface area contributed by atoms with Crippen molar-refractivity contribution in [3.8, 4) is 0 Å². The lowest BCUT2D eigenvalue weighted by molar-refractivity contribution is -0.123. The van der Waals surface area contributed by atoms with Gasteiger partial charge in [0.2, 0.25) is 9.70 Å². The number of likely N-dealkylation sites (tertiary alicyclic amines) is 1. The number of halogens is 3. The summed E-state index contributed by atoms with van der Waals surface area (Å²) in [6, 6.07) is 5.37. The van der Waals surface area contributed by atoms with Gasteiger partial charge in [0.15, 0.2) is 0 Å². The lowest BCUT2D eigenvalue weighted by Crippen LogP contribution is -2.60. The van der Waals surface area contributed by atoms with Gasteiger partial charge in [-0.2, -0.15) is 0 Å². The van der Waals surface area contributed by atoms with Gasteiger partial charge in [0.05, 0.1) is 0 Å². The predicted octanol–water partition coefficient (Wildman–Crippen LogP) is 2.49. The van der Waals surface area contributed by atoms with Crippen LogP contribution >= 0.6 is 34.8 Å². The van der Waals surface area contributed by atoms with Gasteiger partial charge in [0.1, 0.15) is 6.17 Å². The van der Waals surface area contributed by atoms with Gasteiger partial charge in [-0.1, -0.05) is 47.8 Å². The van der Waals surface area contributed by atoms with Gasteiger partial charge in [-0.25, -0.2) is 0 Å². The van der Waals surface area contributed by atoms with Gasteiger partial charge in [0.25, 0.3) is 5.56 Å². The van der Waals surface area contributed by atoms with Crippen molar-refractivity contribution in [2.24, 2.45) is 5.92 Å². The van der Waals surface area contributed by atoms with E-state index in [1.807, 2.05) is 15.5 Å². The number of hydrogen-bond acceptors (Lipinski definition) is 3. The van der Waals surface area contributed by atoms with Crippen molar-refractivity contribution < 1.29 is 4.79 Å². The molecule has 0 spiro atoms. The number of rotatable bonds is 3. The Kier molecular flexibility index (Phi) is 5.17. The predicted molar refractivity (Wildman–Crippen MR) is 95.6 cm³/mol. The summed E-state index contributed by atoms with van der Waals surface area (Å²) in [6.07, 6.45) is 0.659. The van der Waals surface area contributed by atoms with Crippen LogP contribution in [0.4, 0.5) is 0 Å². The number of amides is 1. The molecule has 8 heteroatoms. The zero-order valence-corrected chi connectivity index (χ0v) is 15.6. The fourth-order valence-electron chi connectivity index (χ4n) is 3.78. The van der Waals surface area contributed by atoms with Crippen LogP contribution in [0.3, 0.4) is 0 Å². The van der Waals surface area contributed by atoms with E-state index in [1.54, 1.807) is 19.1 Å². The summed E-state index contributed by atoms with van der Waals surface area (Å²) >= 11 is 18.4. The second-order valence-corrected chi connectivity index (χ2v) is 8.89. The largest absolute Gasteiger partial charge is 0.337 e. The van der Waals surface area contributed by atoms with Crippen molar-refractivity contribution in [1.82, 2.24) is 14.8 Å². The van der Waals surface area contributed by atoms with E-state index < -0.39 is 9.96 Å². The molecule has 132 valence electrons. The normalized spacial score (nSPS) is 25.0. The van der Waals surface area contributed by atoms with Gasteiger partial charge in [-0.05, 0) is 18.4 Å². The summed E-state index contributed by atoms with van der Waals surface area (Å²) < 4.78 is 0.234. The summed E-state index contributed by atoms with van der Waals surface area (Å²) in [6.45, 7) is 3.75. The molecule has 0 aliphatic carbocycles. The molecule has 3 rings (SSSR count). The molecular formula is C16H20Cl3N3O2. The molecule has 2 aliphatic rings. The zero-order valence-electron chi connectivity index (χ0n) is 13.3. The lowest BCUT2D eigenvalue weighted by Gasteiger charge is -2.47. The highest BCUT2D eigenvalue weighted by molar-refractivity contribution is 6.68. The molecule has 1 saturated heterocycles. The van der Waals surface area contributed by atoms with Crippen LogP contribution in [0.25, 0.3) is 0 Å². The molecule has 24 heavy (non-hydrogen) atoms. The Balaban J connectivity index is 1.87. The highest BCUT2D eigenvalue weighted by Gasteiger charge is 2.43. The number of fused-ring (bicyclic) bond motifs is 4. The van der Waals surface area contributed by atoms with E-state index >= 15 is 0 Å². The third-order valence-corrected chi connectivity index (χ3v) is 5.42. The number of piperidine rings is 1. The van der Waals surface area contributed by atoms with E-state index in [4.69, 9.17) is 34.8 Å². The Hall–Kier alpha value is -0.750. The number of pyridine rings is 1. The molecule has 1 unspecified atom stereocenters. The molecule has 3 atom stereocenters. The second kappa shape index (κ2) is 6.87. The van der Waals surface area contributed by atoms with Crippen LogP contribution in [0.5, 0.6) is 0 Å². The highest BCUT2D eigenvalue weighted by Crippen LogP contribution is 2.39. The third kappa shape index (κ3) is 3.59. The van der Waals surface area contributed by atoms with Crippen LogP contribution in [-0.4, -0.2) is 38.4 Å². The Bertz CT molecular complexity index is 686. The van der Waals surface area contributed by atoms with Crippen LogP contribution in [0.15, 0.2) is 23.0 Å². The molecule has 1 fully saturated rings. The number of nitrogens with zero attached hydrogens (tertiary/aromatic N) is 2. The van der Waals surface area contributed by atoms with E-state index in [-0.39, 0.29) is 17.4 Å². The maximum absolute atomic E-state index is 12.1. The number of carbonyl (C=O) groups is 1. The van der Waals surface area contributed by atoms with E-state index in [0.717, 1.165) is 12.1 Å². The van der Waals surface area contributed by atoms with E-state index in [9.17, 15) is 9.59 Å². The van der Waals surface area contributed by atoms with Crippen molar-refractivity contribution >= 4 is 40.7 Å². The molecule has 1 N–H and O–H groups in total. The monoisotopic (exact) mass is 391 g/mol. The molecule has 1 aromatic rings.